The number of hydrogen-bond acceptors (Lipinski definition) is 5. The predicted octanol–water partition coefficient (Wildman–Crippen LogP) is 2.68. The highest BCUT2D eigenvalue weighted by atomic mass is 35.5. The van der Waals surface area contributed by atoms with E-state index in [2.05, 4.69) is 15.4 Å². The van der Waals surface area contributed by atoms with E-state index in [1.807, 2.05) is 18.2 Å². The average Bonchev–Trinajstić information content (AvgIpc) is 3.13. The number of fused-ring (bicyclic) bond motifs is 2. The van der Waals surface area contributed by atoms with Gasteiger partial charge in [-0.3, -0.25) is 4.90 Å². The molecule has 2 aliphatic heterocycles. The number of nitrogens with one attached hydrogen (secondary N) is 1. The third-order valence-electron chi connectivity index (χ3n) is 4.32. The highest BCUT2D eigenvalue weighted by Gasteiger charge is 2.29. The van der Waals surface area contributed by atoms with Crippen molar-refractivity contribution in [2.24, 2.45) is 0 Å². The van der Waals surface area contributed by atoms with E-state index in [4.69, 9.17) is 8.94 Å². The number of hydrogen-bond donors (Lipinski definition) is 1. The minimum absolute atomic E-state index is 0. The first-order chi connectivity index (χ1) is 9.87. The molecule has 2 fully saturated rings. The first-order valence-corrected chi connectivity index (χ1v) is 7.35. The third-order valence-corrected chi connectivity index (χ3v) is 4.32. The summed E-state index contributed by atoms with van der Waals surface area (Å²) in [4.78, 5) is 2.47. The van der Waals surface area contributed by atoms with Gasteiger partial charge in [0.15, 0.2) is 5.76 Å². The number of furan rings is 1. The monoisotopic (exact) mass is 309 g/mol. The molecular formula is C15H20ClN3O2. The summed E-state index contributed by atoms with van der Waals surface area (Å²) >= 11 is 0. The van der Waals surface area contributed by atoms with Crippen molar-refractivity contribution in [3.05, 3.63) is 30.2 Å². The van der Waals surface area contributed by atoms with Gasteiger partial charge in [0, 0.05) is 37.8 Å². The van der Waals surface area contributed by atoms with Crippen molar-refractivity contribution < 1.29 is 8.94 Å². The van der Waals surface area contributed by atoms with Crippen LogP contribution in [0.15, 0.2) is 33.4 Å². The molecule has 114 valence electrons. The molecule has 2 atom stereocenters. The summed E-state index contributed by atoms with van der Waals surface area (Å²) in [6, 6.07) is 7.10. The van der Waals surface area contributed by atoms with E-state index >= 15 is 0 Å². The van der Waals surface area contributed by atoms with Crippen molar-refractivity contribution in [1.82, 2.24) is 15.4 Å². The highest BCUT2D eigenvalue weighted by molar-refractivity contribution is 5.85. The Morgan fingerprint density at radius 1 is 1.24 bits per heavy atom. The van der Waals surface area contributed by atoms with Gasteiger partial charge in [-0.05, 0) is 31.4 Å². The first-order valence-electron chi connectivity index (χ1n) is 7.35. The molecule has 0 amide bonds. The van der Waals surface area contributed by atoms with E-state index in [0.717, 1.165) is 37.1 Å². The lowest BCUT2D eigenvalue weighted by atomic mass is 10.1. The van der Waals surface area contributed by atoms with Gasteiger partial charge in [-0.15, -0.1) is 12.4 Å². The van der Waals surface area contributed by atoms with Gasteiger partial charge in [0.2, 0.25) is 5.76 Å². The highest BCUT2D eigenvalue weighted by Crippen LogP contribution is 2.24. The second-order valence-corrected chi connectivity index (χ2v) is 5.82. The Bertz CT molecular complexity index is 569. The molecule has 2 aromatic rings. The second kappa shape index (κ2) is 6.22. The predicted molar refractivity (Wildman–Crippen MR) is 81.3 cm³/mol. The molecule has 2 bridgehead atoms. The number of halogens is 1. The molecule has 2 aliphatic rings. The second-order valence-electron chi connectivity index (χ2n) is 5.82. The van der Waals surface area contributed by atoms with E-state index < -0.39 is 0 Å². The van der Waals surface area contributed by atoms with E-state index in [-0.39, 0.29) is 12.4 Å². The number of nitrogens with zero attached hydrogens (tertiary/aromatic N) is 2. The van der Waals surface area contributed by atoms with Crippen molar-refractivity contribution in [3.8, 4) is 11.5 Å². The Kier molecular flexibility index (Phi) is 4.33. The number of likely N-dealkylation sites (tertiary alicyclic amines) is 1. The minimum atomic E-state index is 0. The summed E-state index contributed by atoms with van der Waals surface area (Å²) in [6.07, 6.45) is 5.52. The molecule has 21 heavy (non-hydrogen) atoms. The summed E-state index contributed by atoms with van der Waals surface area (Å²) in [6.45, 7) is 3.10. The van der Waals surface area contributed by atoms with Crippen molar-refractivity contribution in [2.45, 2.75) is 37.9 Å². The van der Waals surface area contributed by atoms with Gasteiger partial charge in [-0.1, -0.05) is 5.16 Å². The summed E-state index contributed by atoms with van der Waals surface area (Å²) in [7, 11) is 0. The fourth-order valence-corrected chi connectivity index (χ4v) is 3.31. The van der Waals surface area contributed by atoms with E-state index in [9.17, 15) is 0 Å². The fourth-order valence-electron chi connectivity index (χ4n) is 3.31. The van der Waals surface area contributed by atoms with E-state index in [1.54, 1.807) is 6.26 Å². The molecule has 6 heteroatoms. The van der Waals surface area contributed by atoms with Crippen molar-refractivity contribution >= 4 is 12.4 Å². The molecule has 0 radical (unpaired) electrons. The Balaban J connectivity index is 0.00000132. The van der Waals surface area contributed by atoms with Crippen LogP contribution in [0.3, 0.4) is 0 Å². The molecule has 2 saturated heterocycles. The third kappa shape index (κ3) is 3.15. The molecule has 5 nitrogen and oxygen atoms in total. The van der Waals surface area contributed by atoms with Gasteiger partial charge >= 0.3 is 0 Å². The molecule has 4 heterocycles. The molecule has 4 rings (SSSR count). The van der Waals surface area contributed by atoms with Crippen LogP contribution in [0.2, 0.25) is 0 Å². The molecule has 0 aliphatic carbocycles. The molecule has 1 N–H and O–H groups in total. The van der Waals surface area contributed by atoms with E-state index in [1.165, 1.54) is 19.3 Å². The van der Waals surface area contributed by atoms with Gasteiger partial charge in [0.1, 0.15) is 0 Å². The van der Waals surface area contributed by atoms with Crippen LogP contribution in [0, 0.1) is 0 Å². The zero-order valence-corrected chi connectivity index (χ0v) is 12.6. The summed E-state index contributed by atoms with van der Waals surface area (Å²) in [5.41, 5.74) is 0.981. The normalized spacial score (nSPS) is 25.5. The standard InChI is InChI=1S/C15H19N3O2.ClH/c1-2-14(19-7-1)15-8-13(17-20-15)10-18-6-5-11-3-4-12(9-18)16-11;/h1-2,7-8,11-12,16H,3-6,9-10H2;1H. The lowest BCUT2D eigenvalue weighted by molar-refractivity contribution is 0.243. The quantitative estimate of drug-likeness (QED) is 0.944. The lowest BCUT2D eigenvalue weighted by Gasteiger charge is -2.22. The lowest BCUT2D eigenvalue weighted by Crippen LogP contribution is -2.35. The van der Waals surface area contributed by atoms with Gasteiger partial charge in [-0.2, -0.15) is 0 Å². The minimum Gasteiger partial charge on any atom is -0.461 e. The van der Waals surface area contributed by atoms with Crippen LogP contribution in [0.25, 0.3) is 11.5 Å². The van der Waals surface area contributed by atoms with Crippen molar-refractivity contribution in [1.29, 1.82) is 0 Å². The van der Waals surface area contributed by atoms with Crippen LogP contribution >= 0.6 is 12.4 Å². The maximum atomic E-state index is 5.36. The zero-order chi connectivity index (χ0) is 13.4. The molecule has 0 spiro atoms. The average molecular weight is 310 g/mol. The molecule has 2 unspecified atom stereocenters. The van der Waals surface area contributed by atoms with Gasteiger partial charge in [0.05, 0.1) is 12.0 Å². The van der Waals surface area contributed by atoms with Gasteiger partial charge in [0.25, 0.3) is 0 Å². The maximum absolute atomic E-state index is 5.36. The topological polar surface area (TPSA) is 54.4 Å². The van der Waals surface area contributed by atoms with Crippen LogP contribution in [0.5, 0.6) is 0 Å². The summed E-state index contributed by atoms with van der Waals surface area (Å²) in [5.74, 6) is 1.44. The van der Waals surface area contributed by atoms with Crippen molar-refractivity contribution in [3.63, 3.8) is 0 Å². The van der Waals surface area contributed by atoms with Crippen LogP contribution < -0.4 is 5.32 Å². The molecule has 2 aromatic heterocycles. The Hall–Kier alpha value is -1.30. The summed E-state index contributed by atoms with van der Waals surface area (Å²) in [5, 5.41) is 7.86. The van der Waals surface area contributed by atoms with Crippen LogP contribution in [-0.4, -0.2) is 35.2 Å². The SMILES string of the molecule is Cl.c1coc(-c2cc(CN3CCC4CCC(C3)N4)no2)c1. The van der Waals surface area contributed by atoms with Gasteiger partial charge in [-0.25, -0.2) is 0 Å². The smallest absolute Gasteiger partial charge is 0.202 e. The molecule has 0 saturated carbocycles. The Morgan fingerprint density at radius 2 is 2.14 bits per heavy atom. The summed E-state index contributed by atoms with van der Waals surface area (Å²) < 4.78 is 10.7. The number of rotatable bonds is 3. The van der Waals surface area contributed by atoms with Gasteiger partial charge < -0.3 is 14.3 Å². The van der Waals surface area contributed by atoms with Crippen LogP contribution in [0.4, 0.5) is 0 Å². The zero-order valence-electron chi connectivity index (χ0n) is 11.8. The first kappa shape index (κ1) is 14.6. The van der Waals surface area contributed by atoms with Crippen LogP contribution in [0.1, 0.15) is 25.0 Å². The number of aromatic nitrogens is 1. The van der Waals surface area contributed by atoms with E-state index in [0.29, 0.717) is 11.8 Å². The Labute approximate surface area is 130 Å². The maximum Gasteiger partial charge on any atom is 0.202 e. The van der Waals surface area contributed by atoms with Crippen LogP contribution in [-0.2, 0) is 6.54 Å². The largest absolute Gasteiger partial charge is 0.461 e. The Morgan fingerprint density at radius 3 is 3.00 bits per heavy atom. The fraction of sp³-hybridized carbons (Fsp3) is 0.533. The molecular weight excluding hydrogens is 290 g/mol. The van der Waals surface area contributed by atoms with Crippen molar-refractivity contribution in [2.75, 3.05) is 13.1 Å². The molecule has 0 aromatic carbocycles.